The zero-order chi connectivity index (χ0) is 8.43. The number of hydrogen-bond donors (Lipinski definition) is 1. The van der Waals surface area contributed by atoms with Gasteiger partial charge in [0.2, 0.25) is 0 Å². The smallest absolute Gasteiger partial charge is 0.0384 e. The monoisotopic (exact) mass is 167 g/mol. The Hall–Kier alpha value is -0.630. The summed E-state index contributed by atoms with van der Waals surface area (Å²) < 4.78 is 0. The Morgan fingerprint density at radius 2 is 1.91 bits per heavy atom. The molecule has 0 aliphatic rings. The van der Waals surface area contributed by atoms with Gasteiger partial charge in [-0.15, -0.1) is 11.8 Å². The van der Waals surface area contributed by atoms with Gasteiger partial charge < -0.3 is 5.73 Å². The molecule has 0 aliphatic carbocycles. The van der Waals surface area contributed by atoms with Gasteiger partial charge in [-0.2, -0.15) is 0 Å². The summed E-state index contributed by atoms with van der Waals surface area (Å²) in [4.78, 5) is 1.27. The molecule has 0 bridgehead atoms. The van der Waals surface area contributed by atoms with Gasteiger partial charge >= 0.3 is 0 Å². The number of aryl methyl sites for hydroxylation is 1. The molecule has 0 aromatic heterocycles. The second kappa shape index (κ2) is 3.18. The van der Waals surface area contributed by atoms with E-state index in [1.165, 1.54) is 16.0 Å². The molecule has 0 fully saturated rings. The summed E-state index contributed by atoms with van der Waals surface area (Å²) in [7, 11) is 0. The second-order valence-corrected chi connectivity index (χ2v) is 3.47. The average Bonchev–Trinajstić information content (AvgIpc) is 2.01. The molecule has 2 N–H and O–H groups in total. The van der Waals surface area contributed by atoms with E-state index < -0.39 is 0 Å². The lowest BCUT2D eigenvalue weighted by Gasteiger charge is -2.07. The molecular weight excluding hydrogens is 154 g/mol. The average molecular weight is 167 g/mol. The molecule has 1 aromatic carbocycles. The number of thioether (sulfide) groups is 1. The first kappa shape index (κ1) is 8.47. The summed E-state index contributed by atoms with van der Waals surface area (Å²) in [6.07, 6.45) is 2.07. The number of benzene rings is 1. The maximum absolute atomic E-state index is 5.84. The molecule has 1 nitrogen and oxygen atoms in total. The topological polar surface area (TPSA) is 26.0 Å². The quantitative estimate of drug-likeness (QED) is 0.514. The Labute approximate surface area is 72.0 Å². The predicted molar refractivity (Wildman–Crippen MR) is 52.1 cm³/mol. The van der Waals surface area contributed by atoms with Crippen LogP contribution in [0.1, 0.15) is 11.1 Å². The van der Waals surface area contributed by atoms with E-state index >= 15 is 0 Å². The largest absolute Gasteiger partial charge is 0.398 e. The van der Waals surface area contributed by atoms with Gasteiger partial charge in [0.25, 0.3) is 0 Å². The molecule has 0 saturated heterocycles. The minimum absolute atomic E-state index is 0.928. The summed E-state index contributed by atoms with van der Waals surface area (Å²) >= 11 is 1.74. The number of nitrogen functional groups attached to an aromatic ring is 1. The normalized spacial score (nSPS) is 10.1. The van der Waals surface area contributed by atoms with Crippen LogP contribution in [0.2, 0.25) is 0 Å². The van der Waals surface area contributed by atoms with Crippen LogP contribution in [-0.2, 0) is 0 Å². The van der Waals surface area contributed by atoms with Crippen LogP contribution in [0, 0.1) is 13.8 Å². The Balaban J connectivity index is 3.25. The van der Waals surface area contributed by atoms with Gasteiger partial charge in [-0.3, -0.25) is 0 Å². The summed E-state index contributed by atoms with van der Waals surface area (Å²) in [5.74, 6) is 0. The molecule has 1 aromatic rings. The van der Waals surface area contributed by atoms with E-state index in [0.717, 1.165) is 5.69 Å². The van der Waals surface area contributed by atoms with Crippen molar-refractivity contribution in [2.75, 3.05) is 12.0 Å². The highest BCUT2D eigenvalue weighted by Gasteiger charge is 2.01. The van der Waals surface area contributed by atoms with E-state index in [-0.39, 0.29) is 0 Å². The van der Waals surface area contributed by atoms with Crippen LogP contribution in [0.4, 0.5) is 5.69 Å². The number of hydrogen-bond acceptors (Lipinski definition) is 2. The second-order valence-electron chi connectivity index (χ2n) is 2.62. The molecule has 60 valence electrons. The zero-order valence-corrected chi connectivity index (χ0v) is 7.96. The third kappa shape index (κ3) is 1.51. The zero-order valence-electron chi connectivity index (χ0n) is 7.14. The first-order chi connectivity index (χ1) is 5.16. The molecule has 0 saturated carbocycles. The minimum atomic E-state index is 0.928. The van der Waals surface area contributed by atoms with Crippen LogP contribution < -0.4 is 5.73 Å². The van der Waals surface area contributed by atoms with E-state index in [2.05, 4.69) is 25.3 Å². The fourth-order valence-electron chi connectivity index (χ4n) is 1.07. The van der Waals surface area contributed by atoms with Crippen LogP contribution in [0.15, 0.2) is 17.0 Å². The highest BCUT2D eigenvalue weighted by Crippen LogP contribution is 2.26. The van der Waals surface area contributed by atoms with Crippen molar-refractivity contribution in [1.82, 2.24) is 0 Å². The van der Waals surface area contributed by atoms with Gasteiger partial charge in [0.15, 0.2) is 0 Å². The Bertz CT molecular complexity index is 269. The Kier molecular flexibility index (Phi) is 2.45. The van der Waals surface area contributed by atoms with E-state index in [1.807, 2.05) is 6.92 Å². The molecule has 0 radical (unpaired) electrons. The van der Waals surface area contributed by atoms with Gasteiger partial charge in [-0.1, -0.05) is 6.07 Å². The molecule has 0 aliphatic heterocycles. The SMILES string of the molecule is CSc1ccc(C)c(N)c1C. The van der Waals surface area contributed by atoms with Crippen LogP contribution in [0.5, 0.6) is 0 Å². The summed E-state index contributed by atoms with van der Waals surface area (Å²) in [5, 5.41) is 0. The molecule has 2 heteroatoms. The third-order valence-electron chi connectivity index (χ3n) is 1.90. The molecule has 11 heavy (non-hydrogen) atoms. The predicted octanol–water partition coefficient (Wildman–Crippen LogP) is 2.61. The first-order valence-corrected chi connectivity index (χ1v) is 4.79. The summed E-state index contributed by atoms with van der Waals surface area (Å²) in [6.45, 7) is 4.10. The number of rotatable bonds is 1. The third-order valence-corrected chi connectivity index (χ3v) is 2.79. The van der Waals surface area contributed by atoms with Crippen molar-refractivity contribution in [2.24, 2.45) is 0 Å². The van der Waals surface area contributed by atoms with Crippen LogP contribution >= 0.6 is 11.8 Å². The number of nitrogens with two attached hydrogens (primary N) is 1. The lowest BCUT2D eigenvalue weighted by Crippen LogP contribution is -1.94. The lowest BCUT2D eigenvalue weighted by molar-refractivity contribution is 1.27. The molecule has 0 unspecified atom stereocenters. The van der Waals surface area contributed by atoms with Crippen molar-refractivity contribution in [1.29, 1.82) is 0 Å². The lowest BCUT2D eigenvalue weighted by atomic mass is 10.1. The van der Waals surface area contributed by atoms with E-state index in [4.69, 9.17) is 5.73 Å². The van der Waals surface area contributed by atoms with Crippen molar-refractivity contribution in [3.8, 4) is 0 Å². The molecule has 0 atom stereocenters. The molecule has 0 heterocycles. The highest BCUT2D eigenvalue weighted by molar-refractivity contribution is 7.98. The van der Waals surface area contributed by atoms with Crippen LogP contribution in [0.3, 0.4) is 0 Å². The Morgan fingerprint density at radius 1 is 1.27 bits per heavy atom. The van der Waals surface area contributed by atoms with E-state index in [1.54, 1.807) is 11.8 Å². The van der Waals surface area contributed by atoms with Gasteiger partial charge in [0, 0.05) is 10.6 Å². The van der Waals surface area contributed by atoms with Gasteiger partial charge in [-0.25, -0.2) is 0 Å². The molecular formula is C9H13NS. The fourth-order valence-corrected chi connectivity index (χ4v) is 1.69. The van der Waals surface area contributed by atoms with Crippen molar-refractivity contribution < 1.29 is 0 Å². The summed E-state index contributed by atoms with van der Waals surface area (Å²) in [6, 6.07) is 4.18. The minimum Gasteiger partial charge on any atom is -0.398 e. The van der Waals surface area contributed by atoms with Crippen molar-refractivity contribution in [3.63, 3.8) is 0 Å². The maximum Gasteiger partial charge on any atom is 0.0384 e. The molecule has 1 rings (SSSR count). The highest BCUT2D eigenvalue weighted by atomic mass is 32.2. The van der Waals surface area contributed by atoms with E-state index in [9.17, 15) is 0 Å². The van der Waals surface area contributed by atoms with Crippen molar-refractivity contribution in [3.05, 3.63) is 23.3 Å². The maximum atomic E-state index is 5.84. The van der Waals surface area contributed by atoms with Gasteiger partial charge in [0.1, 0.15) is 0 Å². The molecule has 0 amide bonds. The first-order valence-electron chi connectivity index (χ1n) is 3.56. The van der Waals surface area contributed by atoms with Crippen molar-refractivity contribution in [2.45, 2.75) is 18.7 Å². The van der Waals surface area contributed by atoms with Crippen LogP contribution in [-0.4, -0.2) is 6.26 Å². The van der Waals surface area contributed by atoms with Crippen LogP contribution in [0.25, 0.3) is 0 Å². The van der Waals surface area contributed by atoms with Gasteiger partial charge in [0.05, 0.1) is 0 Å². The fraction of sp³-hybridized carbons (Fsp3) is 0.333. The standard InChI is InChI=1S/C9H13NS/c1-6-4-5-8(11-3)7(2)9(6)10/h4-5H,10H2,1-3H3. The summed E-state index contributed by atoms with van der Waals surface area (Å²) in [5.41, 5.74) is 9.15. The molecule has 0 spiro atoms. The number of anilines is 1. The van der Waals surface area contributed by atoms with Crippen molar-refractivity contribution >= 4 is 17.4 Å². The Morgan fingerprint density at radius 3 is 2.45 bits per heavy atom. The van der Waals surface area contributed by atoms with Gasteiger partial charge in [-0.05, 0) is 37.3 Å². The van der Waals surface area contributed by atoms with E-state index in [0.29, 0.717) is 0 Å².